The Morgan fingerprint density at radius 3 is 2.00 bits per heavy atom. The maximum atomic E-state index is 8.92. The molecule has 56 valence electrons. The Labute approximate surface area is 53.4 Å². The third kappa shape index (κ3) is 4.35. The molecular weight excluding hydrogens is 124 g/mol. The van der Waals surface area contributed by atoms with Crippen molar-refractivity contribution < 1.29 is 20.4 Å². The molecule has 0 aliphatic heterocycles. The molecule has 0 aromatic heterocycles. The predicted octanol–water partition coefficient (Wildman–Crippen LogP) is -1.57. The fourth-order valence-corrected chi connectivity index (χ4v) is 0.458. The van der Waals surface area contributed by atoms with Gasteiger partial charge in [0.2, 0.25) is 0 Å². The Hall–Kier alpha value is -0.160. The van der Waals surface area contributed by atoms with Crippen LogP contribution in [0.5, 0.6) is 0 Å². The second-order valence-electron chi connectivity index (χ2n) is 2.34. The van der Waals surface area contributed by atoms with Crippen molar-refractivity contribution in [3.63, 3.8) is 0 Å². The van der Waals surface area contributed by atoms with Crippen molar-refractivity contribution in [3.05, 3.63) is 0 Å². The molecular formula is C5H12O4. The summed E-state index contributed by atoms with van der Waals surface area (Å²) in [5, 5.41) is 33.9. The zero-order valence-electron chi connectivity index (χ0n) is 5.28. The van der Waals surface area contributed by atoms with Crippen LogP contribution in [-0.4, -0.2) is 38.9 Å². The van der Waals surface area contributed by atoms with E-state index in [-0.39, 0.29) is 6.42 Å². The van der Waals surface area contributed by atoms with E-state index in [0.29, 0.717) is 0 Å². The van der Waals surface area contributed by atoms with Crippen LogP contribution in [0.3, 0.4) is 0 Å². The van der Waals surface area contributed by atoms with Crippen LogP contribution in [0.1, 0.15) is 13.3 Å². The van der Waals surface area contributed by atoms with Gasteiger partial charge in [-0.25, -0.2) is 0 Å². The van der Waals surface area contributed by atoms with E-state index in [2.05, 4.69) is 0 Å². The molecule has 4 nitrogen and oxygen atoms in total. The van der Waals surface area contributed by atoms with Crippen LogP contribution in [0, 0.1) is 0 Å². The number of rotatable bonds is 3. The van der Waals surface area contributed by atoms with Crippen LogP contribution in [0.4, 0.5) is 0 Å². The van der Waals surface area contributed by atoms with Gasteiger partial charge in [-0.1, -0.05) is 0 Å². The van der Waals surface area contributed by atoms with Crippen molar-refractivity contribution >= 4 is 0 Å². The molecule has 1 atom stereocenters. The van der Waals surface area contributed by atoms with Gasteiger partial charge in [-0.15, -0.1) is 0 Å². The van der Waals surface area contributed by atoms with Crippen molar-refractivity contribution in [1.29, 1.82) is 0 Å². The summed E-state index contributed by atoms with van der Waals surface area (Å²) < 4.78 is 0. The van der Waals surface area contributed by atoms with Crippen molar-refractivity contribution in [2.75, 3.05) is 6.61 Å². The second kappa shape index (κ2) is 3.12. The first-order valence-corrected chi connectivity index (χ1v) is 2.67. The Morgan fingerprint density at radius 2 is 1.89 bits per heavy atom. The second-order valence-corrected chi connectivity index (χ2v) is 2.34. The molecule has 4 N–H and O–H groups in total. The van der Waals surface area contributed by atoms with E-state index in [1.807, 2.05) is 0 Å². The van der Waals surface area contributed by atoms with Gasteiger partial charge >= 0.3 is 0 Å². The van der Waals surface area contributed by atoms with E-state index in [1.54, 1.807) is 0 Å². The topological polar surface area (TPSA) is 80.9 Å². The minimum Gasteiger partial charge on any atom is -0.393 e. The highest BCUT2D eigenvalue weighted by Gasteiger charge is 2.21. The monoisotopic (exact) mass is 136 g/mol. The summed E-state index contributed by atoms with van der Waals surface area (Å²) >= 11 is 0. The van der Waals surface area contributed by atoms with Crippen molar-refractivity contribution in [2.45, 2.75) is 25.2 Å². The SMILES string of the molecule is CC(O)(CO)CC(O)O. The van der Waals surface area contributed by atoms with E-state index in [9.17, 15) is 0 Å². The van der Waals surface area contributed by atoms with Gasteiger partial charge in [0.25, 0.3) is 0 Å². The van der Waals surface area contributed by atoms with E-state index in [4.69, 9.17) is 20.4 Å². The van der Waals surface area contributed by atoms with Gasteiger partial charge in [0.15, 0.2) is 6.29 Å². The average Bonchev–Trinajstić information content (AvgIpc) is 1.63. The summed E-state index contributed by atoms with van der Waals surface area (Å²) in [7, 11) is 0. The molecule has 9 heavy (non-hydrogen) atoms. The molecule has 4 heteroatoms. The normalized spacial score (nSPS) is 18.0. The minimum absolute atomic E-state index is 0.233. The fraction of sp³-hybridized carbons (Fsp3) is 1.00. The summed E-state index contributed by atoms with van der Waals surface area (Å²) in [4.78, 5) is 0. The van der Waals surface area contributed by atoms with Crippen molar-refractivity contribution in [2.24, 2.45) is 0 Å². The van der Waals surface area contributed by atoms with Crippen LogP contribution in [0.15, 0.2) is 0 Å². The first-order chi connectivity index (χ1) is 3.98. The summed E-state index contributed by atoms with van der Waals surface area (Å²) in [5.41, 5.74) is -1.38. The molecule has 1 unspecified atom stereocenters. The zero-order chi connectivity index (χ0) is 7.49. The maximum absolute atomic E-state index is 8.92. The molecule has 0 rings (SSSR count). The minimum atomic E-state index is -1.56. The Kier molecular flexibility index (Phi) is 3.07. The smallest absolute Gasteiger partial charge is 0.154 e. The predicted molar refractivity (Wildman–Crippen MR) is 30.6 cm³/mol. The van der Waals surface area contributed by atoms with E-state index in [1.165, 1.54) is 6.92 Å². The molecule has 0 aliphatic rings. The largest absolute Gasteiger partial charge is 0.393 e. The first kappa shape index (κ1) is 8.84. The molecule has 0 aliphatic carbocycles. The van der Waals surface area contributed by atoms with Gasteiger partial charge in [0.05, 0.1) is 12.2 Å². The summed E-state index contributed by atoms with van der Waals surface area (Å²) in [5.74, 6) is 0. The lowest BCUT2D eigenvalue weighted by atomic mass is 10.0. The van der Waals surface area contributed by atoms with Gasteiger partial charge in [-0.3, -0.25) is 0 Å². The number of hydrogen-bond donors (Lipinski definition) is 4. The van der Waals surface area contributed by atoms with Crippen LogP contribution in [-0.2, 0) is 0 Å². The third-order valence-electron chi connectivity index (χ3n) is 0.963. The Bertz CT molecular complexity index is 79.0. The number of aliphatic hydroxyl groups excluding tert-OH is 2. The highest BCUT2D eigenvalue weighted by molar-refractivity contribution is 4.70. The lowest BCUT2D eigenvalue weighted by molar-refractivity contribution is -0.110. The standard InChI is InChI=1S/C5H12O4/c1-5(9,3-6)2-4(7)8/h4,6-9H,2-3H2,1H3. The molecule has 0 amide bonds. The molecule has 0 saturated heterocycles. The van der Waals surface area contributed by atoms with Crippen LogP contribution in [0.2, 0.25) is 0 Å². The lowest BCUT2D eigenvalue weighted by Gasteiger charge is -2.20. The maximum Gasteiger partial charge on any atom is 0.154 e. The highest BCUT2D eigenvalue weighted by atomic mass is 16.5. The Morgan fingerprint density at radius 1 is 1.44 bits per heavy atom. The lowest BCUT2D eigenvalue weighted by Crippen LogP contribution is -2.33. The molecule has 0 aromatic rings. The average molecular weight is 136 g/mol. The molecule has 0 radical (unpaired) electrons. The van der Waals surface area contributed by atoms with Crippen LogP contribution in [0.25, 0.3) is 0 Å². The van der Waals surface area contributed by atoms with E-state index in [0.717, 1.165) is 0 Å². The van der Waals surface area contributed by atoms with Gasteiger partial charge in [0, 0.05) is 6.42 Å². The van der Waals surface area contributed by atoms with E-state index >= 15 is 0 Å². The molecule has 0 bridgehead atoms. The van der Waals surface area contributed by atoms with Crippen molar-refractivity contribution in [3.8, 4) is 0 Å². The zero-order valence-corrected chi connectivity index (χ0v) is 5.28. The quantitative estimate of drug-likeness (QED) is 0.353. The molecule has 0 aromatic carbocycles. The van der Waals surface area contributed by atoms with Crippen LogP contribution < -0.4 is 0 Å². The third-order valence-corrected chi connectivity index (χ3v) is 0.963. The fourth-order valence-electron chi connectivity index (χ4n) is 0.458. The molecule has 0 fully saturated rings. The van der Waals surface area contributed by atoms with Gasteiger partial charge in [0.1, 0.15) is 0 Å². The number of aliphatic hydroxyl groups is 4. The number of hydrogen-bond acceptors (Lipinski definition) is 4. The van der Waals surface area contributed by atoms with Gasteiger partial charge in [-0.05, 0) is 6.92 Å². The van der Waals surface area contributed by atoms with Crippen LogP contribution >= 0.6 is 0 Å². The molecule has 0 spiro atoms. The Balaban J connectivity index is 3.58. The molecule has 0 saturated carbocycles. The summed E-state index contributed by atoms with van der Waals surface area (Å²) in [6.07, 6.45) is -1.80. The van der Waals surface area contributed by atoms with Crippen molar-refractivity contribution in [1.82, 2.24) is 0 Å². The first-order valence-electron chi connectivity index (χ1n) is 2.67. The van der Waals surface area contributed by atoms with E-state index < -0.39 is 18.5 Å². The van der Waals surface area contributed by atoms with Gasteiger partial charge in [-0.2, -0.15) is 0 Å². The molecule has 0 heterocycles. The van der Waals surface area contributed by atoms with Gasteiger partial charge < -0.3 is 20.4 Å². The summed E-state index contributed by atoms with van der Waals surface area (Å²) in [6, 6.07) is 0. The highest BCUT2D eigenvalue weighted by Crippen LogP contribution is 2.08. The summed E-state index contributed by atoms with van der Waals surface area (Å²) in [6.45, 7) is 0.858.